The SMILES string of the molecule is Cc1c(C)c(C2CC(C)CC(C)(C)C2)c(C)c(C)c1O. The van der Waals surface area contributed by atoms with Crippen molar-refractivity contribution >= 4 is 0 Å². The van der Waals surface area contributed by atoms with Crippen LogP contribution in [0, 0.1) is 39.0 Å². The molecule has 0 aliphatic heterocycles. The van der Waals surface area contributed by atoms with Gasteiger partial charge in [-0.25, -0.2) is 0 Å². The highest BCUT2D eigenvalue weighted by molar-refractivity contribution is 5.54. The fraction of sp³-hybridized carbons (Fsp3) is 0.684. The maximum atomic E-state index is 10.2. The topological polar surface area (TPSA) is 20.2 Å². The van der Waals surface area contributed by atoms with Gasteiger partial charge in [-0.1, -0.05) is 20.8 Å². The lowest BCUT2D eigenvalue weighted by molar-refractivity contribution is 0.168. The fourth-order valence-corrected chi connectivity index (χ4v) is 4.50. The highest BCUT2D eigenvalue weighted by Gasteiger charge is 2.34. The average Bonchev–Trinajstić information content (AvgIpc) is 2.32. The first-order chi connectivity index (χ1) is 9.14. The quantitative estimate of drug-likeness (QED) is 0.711. The van der Waals surface area contributed by atoms with Crippen molar-refractivity contribution in [3.63, 3.8) is 0 Å². The second-order valence-corrected chi connectivity index (χ2v) is 7.87. The summed E-state index contributed by atoms with van der Waals surface area (Å²) < 4.78 is 0. The van der Waals surface area contributed by atoms with Gasteiger partial charge in [0.25, 0.3) is 0 Å². The van der Waals surface area contributed by atoms with Crippen LogP contribution in [0.25, 0.3) is 0 Å². The van der Waals surface area contributed by atoms with E-state index < -0.39 is 0 Å². The molecule has 0 amide bonds. The molecule has 1 fully saturated rings. The summed E-state index contributed by atoms with van der Waals surface area (Å²) in [6.07, 6.45) is 3.88. The molecule has 1 saturated carbocycles. The van der Waals surface area contributed by atoms with Crippen LogP contribution in [-0.2, 0) is 0 Å². The Morgan fingerprint density at radius 3 is 1.85 bits per heavy atom. The zero-order valence-corrected chi connectivity index (χ0v) is 14.2. The van der Waals surface area contributed by atoms with E-state index in [1.165, 1.54) is 36.0 Å². The van der Waals surface area contributed by atoms with E-state index in [0.29, 0.717) is 17.1 Å². The van der Waals surface area contributed by atoms with Crippen LogP contribution in [-0.4, -0.2) is 5.11 Å². The summed E-state index contributed by atoms with van der Waals surface area (Å²) in [6, 6.07) is 0. The molecule has 0 spiro atoms. The molecule has 1 N–H and O–H groups in total. The summed E-state index contributed by atoms with van der Waals surface area (Å²) >= 11 is 0. The lowest BCUT2D eigenvalue weighted by Gasteiger charge is -2.40. The Hall–Kier alpha value is -0.980. The minimum Gasteiger partial charge on any atom is -0.507 e. The van der Waals surface area contributed by atoms with E-state index in [4.69, 9.17) is 0 Å². The summed E-state index contributed by atoms with van der Waals surface area (Å²) in [5, 5.41) is 10.2. The van der Waals surface area contributed by atoms with E-state index in [2.05, 4.69) is 48.5 Å². The largest absolute Gasteiger partial charge is 0.507 e. The van der Waals surface area contributed by atoms with Crippen molar-refractivity contribution < 1.29 is 5.11 Å². The number of phenols is 1. The summed E-state index contributed by atoms with van der Waals surface area (Å²) in [6.45, 7) is 15.7. The van der Waals surface area contributed by atoms with Crippen molar-refractivity contribution in [3.8, 4) is 5.75 Å². The molecule has 1 aliphatic carbocycles. The molecule has 0 aromatic heterocycles. The summed E-state index contributed by atoms with van der Waals surface area (Å²) in [5.41, 5.74) is 6.69. The molecular formula is C19H30O. The van der Waals surface area contributed by atoms with Gasteiger partial charge in [-0.05, 0) is 92.0 Å². The van der Waals surface area contributed by atoms with Gasteiger partial charge in [-0.3, -0.25) is 0 Å². The van der Waals surface area contributed by atoms with Gasteiger partial charge in [0.1, 0.15) is 5.75 Å². The third-order valence-corrected chi connectivity index (χ3v) is 5.44. The fourth-order valence-electron chi connectivity index (χ4n) is 4.50. The average molecular weight is 274 g/mol. The Balaban J connectivity index is 2.53. The first kappa shape index (κ1) is 15.4. The zero-order valence-electron chi connectivity index (χ0n) is 14.2. The molecule has 0 heterocycles. The molecule has 1 heteroatoms. The molecule has 1 aliphatic rings. The van der Waals surface area contributed by atoms with Crippen molar-refractivity contribution in [2.45, 2.75) is 73.6 Å². The molecule has 2 rings (SSSR count). The Bertz CT molecular complexity index is 496. The molecule has 112 valence electrons. The molecule has 0 bridgehead atoms. The Morgan fingerprint density at radius 1 is 0.900 bits per heavy atom. The van der Waals surface area contributed by atoms with Gasteiger partial charge in [0.15, 0.2) is 0 Å². The molecule has 2 atom stereocenters. The van der Waals surface area contributed by atoms with Gasteiger partial charge in [-0.2, -0.15) is 0 Å². The summed E-state index contributed by atoms with van der Waals surface area (Å²) in [7, 11) is 0. The van der Waals surface area contributed by atoms with Gasteiger partial charge >= 0.3 is 0 Å². The van der Waals surface area contributed by atoms with Crippen molar-refractivity contribution in [2.75, 3.05) is 0 Å². The van der Waals surface area contributed by atoms with Gasteiger partial charge < -0.3 is 5.11 Å². The monoisotopic (exact) mass is 274 g/mol. The predicted octanol–water partition coefficient (Wildman–Crippen LogP) is 5.56. The normalized spacial score (nSPS) is 25.8. The third-order valence-electron chi connectivity index (χ3n) is 5.44. The van der Waals surface area contributed by atoms with Gasteiger partial charge in [0.2, 0.25) is 0 Å². The molecule has 1 aromatic rings. The van der Waals surface area contributed by atoms with Crippen LogP contribution in [0.2, 0.25) is 0 Å². The van der Waals surface area contributed by atoms with Crippen molar-refractivity contribution in [2.24, 2.45) is 11.3 Å². The second-order valence-electron chi connectivity index (χ2n) is 7.87. The van der Waals surface area contributed by atoms with E-state index in [1.807, 2.05) is 0 Å². The molecule has 1 aromatic carbocycles. The van der Waals surface area contributed by atoms with Crippen molar-refractivity contribution in [1.29, 1.82) is 0 Å². The Labute approximate surface area is 124 Å². The van der Waals surface area contributed by atoms with E-state index in [9.17, 15) is 5.11 Å². The molecule has 20 heavy (non-hydrogen) atoms. The van der Waals surface area contributed by atoms with E-state index in [-0.39, 0.29) is 0 Å². The number of hydrogen-bond acceptors (Lipinski definition) is 1. The predicted molar refractivity (Wildman–Crippen MR) is 86.6 cm³/mol. The Morgan fingerprint density at radius 2 is 1.40 bits per heavy atom. The number of hydrogen-bond donors (Lipinski definition) is 1. The number of aromatic hydroxyl groups is 1. The molecule has 1 nitrogen and oxygen atoms in total. The minimum absolute atomic E-state index is 0.431. The van der Waals surface area contributed by atoms with Crippen LogP contribution < -0.4 is 0 Å². The maximum absolute atomic E-state index is 10.2. The van der Waals surface area contributed by atoms with E-state index in [0.717, 1.165) is 17.0 Å². The highest BCUT2D eigenvalue weighted by Crippen LogP contribution is 2.48. The van der Waals surface area contributed by atoms with Crippen LogP contribution >= 0.6 is 0 Å². The number of benzene rings is 1. The minimum atomic E-state index is 0.431. The zero-order chi connectivity index (χ0) is 15.2. The van der Waals surface area contributed by atoms with Gasteiger partial charge in [0.05, 0.1) is 0 Å². The Kier molecular flexibility index (Phi) is 3.92. The molecule has 2 unspecified atom stereocenters. The van der Waals surface area contributed by atoms with Crippen LogP contribution in [0.3, 0.4) is 0 Å². The first-order valence-corrected chi connectivity index (χ1v) is 7.93. The van der Waals surface area contributed by atoms with Gasteiger partial charge in [0, 0.05) is 0 Å². The van der Waals surface area contributed by atoms with Crippen LogP contribution in [0.1, 0.15) is 73.8 Å². The van der Waals surface area contributed by atoms with Crippen molar-refractivity contribution in [1.82, 2.24) is 0 Å². The summed E-state index contributed by atoms with van der Waals surface area (Å²) in [5.74, 6) is 1.93. The van der Waals surface area contributed by atoms with E-state index >= 15 is 0 Å². The van der Waals surface area contributed by atoms with Crippen molar-refractivity contribution in [3.05, 3.63) is 27.8 Å². The lowest BCUT2D eigenvalue weighted by atomic mass is 9.65. The number of phenolic OH excluding ortho intramolecular Hbond substituents is 1. The van der Waals surface area contributed by atoms with E-state index in [1.54, 1.807) is 0 Å². The molecule has 0 saturated heterocycles. The summed E-state index contributed by atoms with van der Waals surface area (Å²) in [4.78, 5) is 0. The standard InChI is InChI=1S/C19H30O/c1-11-8-16(10-19(6,7)9-11)17-12(2)14(4)18(20)15(5)13(17)3/h11,16,20H,8-10H2,1-7H3. The molecular weight excluding hydrogens is 244 g/mol. The smallest absolute Gasteiger partial charge is 0.121 e. The second kappa shape index (κ2) is 5.09. The number of rotatable bonds is 1. The maximum Gasteiger partial charge on any atom is 0.121 e. The highest BCUT2D eigenvalue weighted by atomic mass is 16.3. The molecule has 0 radical (unpaired) electrons. The third kappa shape index (κ3) is 2.60. The first-order valence-electron chi connectivity index (χ1n) is 7.93. The van der Waals surface area contributed by atoms with Crippen LogP contribution in [0.15, 0.2) is 0 Å². The lowest BCUT2D eigenvalue weighted by Crippen LogP contribution is -2.27. The van der Waals surface area contributed by atoms with Gasteiger partial charge in [-0.15, -0.1) is 0 Å². The van der Waals surface area contributed by atoms with Crippen LogP contribution in [0.4, 0.5) is 0 Å². The van der Waals surface area contributed by atoms with Crippen LogP contribution in [0.5, 0.6) is 5.75 Å².